The fourth-order valence-corrected chi connectivity index (χ4v) is 2.67. The Kier molecular flexibility index (Phi) is 2.55. The predicted octanol–water partition coefficient (Wildman–Crippen LogP) is 1.40. The highest BCUT2D eigenvalue weighted by Crippen LogP contribution is 2.40. The third kappa shape index (κ3) is 2.22. The molecule has 4 atom stereocenters. The first-order valence-electron chi connectivity index (χ1n) is 6.18. The molecule has 3 fully saturated rings. The van der Waals surface area contributed by atoms with E-state index in [4.69, 9.17) is 23.7 Å². The maximum atomic E-state index is 5.85. The van der Waals surface area contributed by atoms with Gasteiger partial charge in [0.2, 0.25) is 0 Å². The number of hydrogen-bond acceptors (Lipinski definition) is 5. The van der Waals surface area contributed by atoms with Gasteiger partial charge in [0.25, 0.3) is 0 Å². The summed E-state index contributed by atoms with van der Waals surface area (Å²) in [6.45, 7) is 8.21. The van der Waals surface area contributed by atoms with Crippen LogP contribution in [0.25, 0.3) is 0 Å². The molecule has 98 valence electrons. The summed E-state index contributed by atoms with van der Waals surface area (Å²) >= 11 is 0. The minimum Gasteiger partial charge on any atom is -0.348 e. The van der Waals surface area contributed by atoms with Gasteiger partial charge < -0.3 is 23.7 Å². The van der Waals surface area contributed by atoms with Crippen LogP contribution in [0.4, 0.5) is 0 Å². The largest absolute Gasteiger partial charge is 0.348 e. The molecule has 3 rings (SSSR count). The molecule has 0 aromatic carbocycles. The Morgan fingerprint density at radius 2 is 1.53 bits per heavy atom. The molecule has 0 spiro atoms. The van der Waals surface area contributed by atoms with E-state index in [1.54, 1.807) is 0 Å². The highest BCUT2D eigenvalue weighted by molar-refractivity contribution is 4.90. The van der Waals surface area contributed by atoms with Crippen LogP contribution in [0.1, 0.15) is 34.1 Å². The lowest BCUT2D eigenvalue weighted by Gasteiger charge is -2.23. The Morgan fingerprint density at radius 1 is 0.824 bits per heavy atom. The first kappa shape index (κ1) is 11.9. The molecule has 0 bridgehead atoms. The van der Waals surface area contributed by atoms with Crippen molar-refractivity contribution in [3.8, 4) is 0 Å². The molecular weight excluding hydrogens is 224 g/mol. The van der Waals surface area contributed by atoms with Gasteiger partial charge in [0.05, 0.1) is 12.7 Å². The van der Waals surface area contributed by atoms with Crippen LogP contribution in [0.3, 0.4) is 0 Å². The highest BCUT2D eigenvalue weighted by atomic mass is 16.8. The molecule has 5 heteroatoms. The van der Waals surface area contributed by atoms with Gasteiger partial charge in [0.1, 0.15) is 12.2 Å². The monoisotopic (exact) mass is 244 g/mol. The molecule has 0 saturated carbocycles. The van der Waals surface area contributed by atoms with Gasteiger partial charge in [-0.15, -0.1) is 0 Å². The molecule has 0 radical (unpaired) electrons. The minimum atomic E-state index is -0.535. The number of hydrogen-bond donors (Lipinski definition) is 0. The number of rotatable bonds is 1. The second-order valence-electron chi connectivity index (χ2n) is 5.82. The lowest BCUT2D eigenvalue weighted by molar-refractivity contribution is -0.220. The first-order valence-corrected chi connectivity index (χ1v) is 6.18. The van der Waals surface area contributed by atoms with Crippen molar-refractivity contribution in [3.63, 3.8) is 0 Å². The quantitative estimate of drug-likeness (QED) is 0.697. The van der Waals surface area contributed by atoms with Crippen LogP contribution in [-0.2, 0) is 23.7 Å². The zero-order chi connectivity index (χ0) is 12.3. The van der Waals surface area contributed by atoms with E-state index in [9.17, 15) is 0 Å². The van der Waals surface area contributed by atoms with E-state index in [1.165, 1.54) is 0 Å². The molecule has 17 heavy (non-hydrogen) atoms. The van der Waals surface area contributed by atoms with Crippen molar-refractivity contribution in [1.29, 1.82) is 0 Å². The van der Waals surface area contributed by atoms with Crippen molar-refractivity contribution in [2.75, 3.05) is 6.61 Å². The molecule has 2 unspecified atom stereocenters. The van der Waals surface area contributed by atoms with E-state index in [2.05, 4.69) is 0 Å². The predicted molar refractivity (Wildman–Crippen MR) is 58.2 cm³/mol. The van der Waals surface area contributed by atoms with Crippen LogP contribution in [-0.4, -0.2) is 42.8 Å². The molecule has 0 N–H and O–H groups in total. The minimum absolute atomic E-state index is 0.00266. The Morgan fingerprint density at radius 3 is 2.12 bits per heavy atom. The van der Waals surface area contributed by atoms with Crippen LogP contribution in [0.5, 0.6) is 0 Å². The Balaban J connectivity index is 1.60. The van der Waals surface area contributed by atoms with E-state index >= 15 is 0 Å². The van der Waals surface area contributed by atoms with Crippen LogP contribution in [0, 0.1) is 0 Å². The second kappa shape index (κ2) is 3.65. The van der Waals surface area contributed by atoms with Crippen molar-refractivity contribution in [2.45, 2.75) is 70.3 Å². The fraction of sp³-hybridized carbons (Fsp3) is 1.00. The SMILES string of the molecule is CC1(C)OC[C@H](C2C[C@H]3OC(C)(C)OC3O2)O1. The lowest BCUT2D eigenvalue weighted by atomic mass is 10.1. The van der Waals surface area contributed by atoms with E-state index in [0.29, 0.717) is 6.61 Å². The first-order chi connectivity index (χ1) is 7.85. The zero-order valence-electron chi connectivity index (χ0n) is 10.8. The number of ether oxygens (including phenoxy) is 5. The fourth-order valence-electron chi connectivity index (χ4n) is 2.67. The van der Waals surface area contributed by atoms with Gasteiger partial charge in [-0.25, -0.2) is 0 Å². The van der Waals surface area contributed by atoms with Crippen molar-refractivity contribution in [1.82, 2.24) is 0 Å². The van der Waals surface area contributed by atoms with Crippen molar-refractivity contribution < 1.29 is 23.7 Å². The molecular formula is C12H20O5. The summed E-state index contributed by atoms with van der Waals surface area (Å²) in [5, 5.41) is 0. The molecule has 3 heterocycles. The van der Waals surface area contributed by atoms with Crippen molar-refractivity contribution in [2.24, 2.45) is 0 Å². The van der Waals surface area contributed by atoms with E-state index < -0.39 is 11.6 Å². The molecule has 5 nitrogen and oxygen atoms in total. The zero-order valence-corrected chi connectivity index (χ0v) is 10.8. The van der Waals surface area contributed by atoms with Crippen LogP contribution < -0.4 is 0 Å². The smallest absolute Gasteiger partial charge is 0.187 e. The molecule has 3 saturated heterocycles. The maximum absolute atomic E-state index is 5.85. The van der Waals surface area contributed by atoms with Gasteiger partial charge in [0, 0.05) is 6.42 Å². The Hall–Kier alpha value is -0.200. The summed E-state index contributed by atoms with van der Waals surface area (Å²) < 4.78 is 28.6. The van der Waals surface area contributed by atoms with Gasteiger partial charge in [-0.3, -0.25) is 0 Å². The summed E-state index contributed by atoms with van der Waals surface area (Å²) in [5.41, 5.74) is 0. The van der Waals surface area contributed by atoms with Gasteiger partial charge in [-0.05, 0) is 27.7 Å². The third-order valence-corrected chi connectivity index (χ3v) is 3.36. The van der Waals surface area contributed by atoms with Crippen LogP contribution in [0.15, 0.2) is 0 Å². The maximum Gasteiger partial charge on any atom is 0.187 e. The summed E-state index contributed by atoms with van der Waals surface area (Å²) in [7, 11) is 0. The summed E-state index contributed by atoms with van der Waals surface area (Å²) in [6.07, 6.45) is 0.538. The molecule has 0 aromatic rings. The number of fused-ring (bicyclic) bond motifs is 1. The van der Waals surface area contributed by atoms with Gasteiger partial charge in [-0.1, -0.05) is 0 Å². The van der Waals surface area contributed by atoms with Gasteiger partial charge >= 0.3 is 0 Å². The topological polar surface area (TPSA) is 46.2 Å². The van der Waals surface area contributed by atoms with Crippen LogP contribution in [0.2, 0.25) is 0 Å². The van der Waals surface area contributed by atoms with Gasteiger partial charge in [0.15, 0.2) is 17.9 Å². The molecule has 0 aliphatic carbocycles. The molecule has 0 amide bonds. The molecule has 3 aliphatic heterocycles. The average Bonchev–Trinajstić information content (AvgIpc) is 2.75. The average molecular weight is 244 g/mol. The van der Waals surface area contributed by atoms with E-state index in [1.807, 2.05) is 27.7 Å². The van der Waals surface area contributed by atoms with Crippen molar-refractivity contribution in [3.05, 3.63) is 0 Å². The van der Waals surface area contributed by atoms with E-state index in [-0.39, 0.29) is 24.6 Å². The third-order valence-electron chi connectivity index (χ3n) is 3.36. The molecule has 3 aliphatic rings. The normalized spacial score (nSPS) is 47.3. The van der Waals surface area contributed by atoms with E-state index in [0.717, 1.165) is 6.42 Å². The summed E-state index contributed by atoms with van der Waals surface area (Å²) in [5.74, 6) is -1.04. The van der Waals surface area contributed by atoms with Gasteiger partial charge in [-0.2, -0.15) is 0 Å². The summed E-state index contributed by atoms with van der Waals surface area (Å²) in [4.78, 5) is 0. The van der Waals surface area contributed by atoms with Crippen LogP contribution >= 0.6 is 0 Å². The Labute approximate surface area is 101 Å². The summed E-state index contributed by atoms with van der Waals surface area (Å²) in [6, 6.07) is 0. The van der Waals surface area contributed by atoms with Crippen molar-refractivity contribution >= 4 is 0 Å². The highest BCUT2D eigenvalue weighted by Gasteiger charge is 2.52. The molecule has 0 aromatic heterocycles. The second-order valence-corrected chi connectivity index (χ2v) is 5.82. The lowest BCUT2D eigenvalue weighted by Crippen LogP contribution is -2.33. The standard InChI is InChI=1S/C12H20O5/c1-11(2)13-6-9(16-11)7-5-8-10(14-7)17-12(3,4)15-8/h7-10H,5-6H2,1-4H3/t7?,8-,9-,10?/m1/s1. The Bertz CT molecular complexity index is 298.